The van der Waals surface area contributed by atoms with Gasteiger partial charge < -0.3 is 15.6 Å². The molecule has 0 aromatic carbocycles. The Morgan fingerprint density at radius 3 is 2.42 bits per heavy atom. The number of nitrogens with zero attached hydrogens (tertiary/aromatic N) is 1. The Kier molecular flexibility index (Phi) is 12.4. The molecule has 0 bridgehead atoms. The fraction of sp³-hybridized carbons (Fsp3) is 0.700. The van der Waals surface area contributed by atoms with Gasteiger partial charge in [-0.15, -0.1) is 0 Å². The molecular formula is C20H40N4. The predicted molar refractivity (Wildman–Crippen MR) is 107 cm³/mol. The third kappa shape index (κ3) is 11.3. The van der Waals surface area contributed by atoms with E-state index in [2.05, 4.69) is 70.7 Å². The average molecular weight is 337 g/mol. The van der Waals surface area contributed by atoms with Gasteiger partial charge in [-0.1, -0.05) is 25.5 Å². The Morgan fingerprint density at radius 1 is 1.21 bits per heavy atom. The summed E-state index contributed by atoms with van der Waals surface area (Å²) >= 11 is 0. The Bertz CT molecular complexity index is 419. The van der Waals surface area contributed by atoms with Crippen LogP contribution in [0, 0.1) is 5.92 Å². The maximum Gasteiger partial charge on any atom is 0.0223 e. The molecule has 0 amide bonds. The van der Waals surface area contributed by atoms with Gasteiger partial charge in [-0.3, -0.25) is 0 Å². The van der Waals surface area contributed by atoms with Crippen LogP contribution in [0.2, 0.25) is 0 Å². The number of allylic oxidation sites excluding steroid dienone is 3. The van der Waals surface area contributed by atoms with Crippen LogP contribution in [-0.2, 0) is 0 Å². The smallest absolute Gasteiger partial charge is 0.0223 e. The third-order valence-corrected chi connectivity index (χ3v) is 4.13. The van der Waals surface area contributed by atoms with E-state index in [9.17, 15) is 0 Å². The maximum atomic E-state index is 5.82. The van der Waals surface area contributed by atoms with Crippen molar-refractivity contribution in [2.75, 3.05) is 20.1 Å². The number of rotatable bonds is 12. The van der Waals surface area contributed by atoms with Gasteiger partial charge in [0.1, 0.15) is 0 Å². The molecule has 4 N–H and O–H groups in total. The quantitative estimate of drug-likeness (QED) is 0.219. The zero-order valence-corrected chi connectivity index (χ0v) is 16.9. The summed E-state index contributed by atoms with van der Waals surface area (Å²) in [5.41, 5.74) is 4.16. The summed E-state index contributed by atoms with van der Waals surface area (Å²) in [7, 11) is 1.88. The van der Waals surface area contributed by atoms with E-state index < -0.39 is 0 Å². The van der Waals surface area contributed by atoms with Crippen LogP contribution in [0.25, 0.3) is 0 Å². The molecule has 1 unspecified atom stereocenters. The number of nitrogens with two attached hydrogens (primary N) is 1. The average Bonchev–Trinajstić information content (AvgIpc) is 2.51. The standard InChI is InChI=1S/C20H40N4/c1-8-18(5)19(6)20(15-24(7)21)10-9-12-22-14-17(4)11-13-23-16(2)3/h11,13,15-17,22-23H,8-10,12,14,21H2,1-7H3/b13-11+,19-18+,20-15+. The largest absolute Gasteiger partial charge is 0.389 e. The highest BCUT2D eigenvalue weighted by Gasteiger charge is 2.05. The molecule has 0 aliphatic rings. The molecule has 0 spiro atoms. The molecule has 0 radical (unpaired) electrons. The van der Waals surface area contributed by atoms with Crippen LogP contribution in [0.3, 0.4) is 0 Å². The molecular weight excluding hydrogens is 296 g/mol. The van der Waals surface area contributed by atoms with Gasteiger partial charge in [0.05, 0.1) is 0 Å². The van der Waals surface area contributed by atoms with Crippen molar-refractivity contribution >= 4 is 0 Å². The summed E-state index contributed by atoms with van der Waals surface area (Å²) in [6.07, 6.45) is 9.60. The van der Waals surface area contributed by atoms with Crippen molar-refractivity contribution < 1.29 is 0 Å². The van der Waals surface area contributed by atoms with Gasteiger partial charge in [0.15, 0.2) is 0 Å². The second kappa shape index (κ2) is 13.1. The minimum Gasteiger partial charge on any atom is -0.389 e. The first-order chi connectivity index (χ1) is 11.3. The molecule has 0 saturated heterocycles. The molecule has 0 aliphatic carbocycles. The van der Waals surface area contributed by atoms with Crippen LogP contribution in [0.4, 0.5) is 0 Å². The molecule has 140 valence electrons. The summed E-state index contributed by atoms with van der Waals surface area (Å²) in [4.78, 5) is 0. The Hall–Kier alpha value is -1.26. The molecule has 0 rings (SSSR count). The minimum absolute atomic E-state index is 0.496. The van der Waals surface area contributed by atoms with Crippen LogP contribution in [0.15, 0.2) is 35.2 Å². The first-order valence-electron chi connectivity index (χ1n) is 9.26. The molecule has 0 aromatic heterocycles. The second-order valence-electron chi connectivity index (χ2n) is 7.04. The molecule has 4 heteroatoms. The summed E-state index contributed by atoms with van der Waals surface area (Å²) in [6, 6.07) is 0.496. The van der Waals surface area contributed by atoms with Gasteiger partial charge in [0.2, 0.25) is 0 Å². The van der Waals surface area contributed by atoms with Gasteiger partial charge in [-0.25, -0.2) is 5.84 Å². The van der Waals surface area contributed by atoms with Crippen molar-refractivity contribution in [3.8, 4) is 0 Å². The van der Waals surface area contributed by atoms with Gasteiger partial charge in [-0.2, -0.15) is 0 Å². The van der Waals surface area contributed by atoms with Crippen molar-refractivity contribution in [1.82, 2.24) is 15.6 Å². The van der Waals surface area contributed by atoms with E-state index in [1.54, 1.807) is 5.01 Å². The van der Waals surface area contributed by atoms with Crippen LogP contribution < -0.4 is 16.5 Å². The Labute approximate surface area is 150 Å². The Balaban J connectivity index is 4.24. The topological polar surface area (TPSA) is 53.3 Å². The van der Waals surface area contributed by atoms with Crippen molar-refractivity contribution in [3.63, 3.8) is 0 Å². The lowest BCUT2D eigenvalue weighted by atomic mass is 9.97. The summed E-state index contributed by atoms with van der Waals surface area (Å²) in [5.74, 6) is 6.35. The lowest BCUT2D eigenvalue weighted by Crippen LogP contribution is -2.23. The molecule has 0 saturated carbocycles. The van der Waals surface area contributed by atoms with Gasteiger partial charge in [-0.05, 0) is 76.8 Å². The maximum absolute atomic E-state index is 5.82. The van der Waals surface area contributed by atoms with Gasteiger partial charge in [0, 0.05) is 25.8 Å². The molecule has 4 nitrogen and oxygen atoms in total. The van der Waals surface area contributed by atoms with E-state index in [1.165, 1.54) is 16.7 Å². The number of hydrazine groups is 1. The molecule has 0 fully saturated rings. The van der Waals surface area contributed by atoms with Crippen LogP contribution in [0.5, 0.6) is 0 Å². The highest BCUT2D eigenvalue weighted by atomic mass is 15.4. The molecule has 0 aromatic rings. The highest BCUT2D eigenvalue weighted by molar-refractivity contribution is 5.32. The van der Waals surface area contributed by atoms with Crippen LogP contribution in [-0.4, -0.2) is 31.2 Å². The van der Waals surface area contributed by atoms with Crippen molar-refractivity contribution in [3.05, 3.63) is 35.2 Å². The first-order valence-corrected chi connectivity index (χ1v) is 9.26. The van der Waals surface area contributed by atoms with Crippen molar-refractivity contribution in [1.29, 1.82) is 0 Å². The Morgan fingerprint density at radius 2 is 1.88 bits per heavy atom. The summed E-state index contributed by atoms with van der Waals surface area (Å²) in [6.45, 7) is 15.2. The molecule has 24 heavy (non-hydrogen) atoms. The zero-order valence-electron chi connectivity index (χ0n) is 16.9. The molecule has 1 atom stereocenters. The normalized spacial score (nSPS) is 15.0. The van der Waals surface area contributed by atoms with E-state index >= 15 is 0 Å². The van der Waals surface area contributed by atoms with Crippen molar-refractivity contribution in [2.45, 2.75) is 66.8 Å². The zero-order chi connectivity index (χ0) is 18.5. The number of nitrogens with one attached hydrogen (secondary N) is 2. The van der Waals surface area contributed by atoms with E-state index in [0.29, 0.717) is 12.0 Å². The number of hydrogen-bond donors (Lipinski definition) is 3. The fourth-order valence-electron chi connectivity index (χ4n) is 2.35. The second-order valence-corrected chi connectivity index (χ2v) is 7.04. The monoisotopic (exact) mass is 336 g/mol. The van der Waals surface area contributed by atoms with E-state index in [1.807, 2.05) is 7.05 Å². The van der Waals surface area contributed by atoms with Crippen LogP contribution in [0.1, 0.15) is 60.8 Å². The van der Waals surface area contributed by atoms with E-state index in [-0.39, 0.29) is 0 Å². The third-order valence-electron chi connectivity index (χ3n) is 4.13. The molecule has 0 aliphatic heterocycles. The van der Waals surface area contributed by atoms with Crippen LogP contribution >= 0.6 is 0 Å². The van der Waals surface area contributed by atoms with Crippen molar-refractivity contribution in [2.24, 2.45) is 11.8 Å². The predicted octanol–water partition coefficient (Wildman–Crippen LogP) is 3.94. The lowest BCUT2D eigenvalue weighted by molar-refractivity contribution is 0.477. The minimum atomic E-state index is 0.496. The van der Waals surface area contributed by atoms with Gasteiger partial charge >= 0.3 is 0 Å². The first kappa shape index (κ1) is 22.7. The fourth-order valence-corrected chi connectivity index (χ4v) is 2.35. The highest BCUT2D eigenvalue weighted by Crippen LogP contribution is 2.21. The SMILES string of the molecule is CC/C(C)=C(C)/C(=C/N(C)N)CCCNCC(C)/C=C/NC(C)C. The summed E-state index contributed by atoms with van der Waals surface area (Å²) in [5, 5.41) is 8.51. The van der Waals surface area contributed by atoms with Gasteiger partial charge in [0.25, 0.3) is 0 Å². The lowest BCUT2D eigenvalue weighted by Gasteiger charge is -2.15. The summed E-state index contributed by atoms with van der Waals surface area (Å²) < 4.78 is 0. The van der Waals surface area contributed by atoms with E-state index in [0.717, 1.165) is 32.4 Å². The number of hydrogen-bond acceptors (Lipinski definition) is 4. The van der Waals surface area contributed by atoms with E-state index in [4.69, 9.17) is 5.84 Å². The molecule has 0 heterocycles.